The fourth-order valence-electron chi connectivity index (χ4n) is 3.45. The van der Waals surface area contributed by atoms with Crippen LogP contribution in [0.2, 0.25) is 0 Å². The molecule has 1 aliphatic heterocycles. The lowest BCUT2D eigenvalue weighted by molar-refractivity contribution is 0.122. The molecule has 140 valence electrons. The van der Waals surface area contributed by atoms with Gasteiger partial charge in [-0.15, -0.1) is 0 Å². The van der Waals surface area contributed by atoms with Gasteiger partial charge in [0.1, 0.15) is 5.82 Å². The Morgan fingerprint density at radius 1 is 1.07 bits per heavy atom. The molecule has 0 unspecified atom stereocenters. The first kappa shape index (κ1) is 16.3. The Morgan fingerprint density at radius 2 is 1.89 bits per heavy atom. The maximum Gasteiger partial charge on any atom is 0.231 e. The third kappa shape index (κ3) is 3.40. The van der Waals surface area contributed by atoms with Crippen molar-refractivity contribution >= 4 is 34.2 Å². The summed E-state index contributed by atoms with van der Waals surface area (Å²) in [5.74, 6) is 1.40. The molecular weight excluding hydrogens is 342 g/mol. The standard InChI is InChI=1S/C19H23N7O/c1-2-13(3-1)21-17-16-12-20-25-18(16)24-19(23-17)22-14-4-6-15(7-5-14)26-8-10-27-11-9-26/h4-7,12-13H,1-3,8-11H2,(H3,20,21,22,23,24,25). The number of fused-ring (bicyclic) bond motifs is 1. The van der Waals surface area contributed by atoms with E-state index < -0.39 is 0 Å². The molecule has 27 heavy (non-hydrogen) atoms. The number of rotatable bonds is 5. The molecular formula is C19H23N7O. The van der Waals surface area contributed by atoms with Gasteiger partial charge in [-0.1, -0.05) is 0 Å². The third-order valence-corrected chi connectivity index (χ3v) is 5.26. The Balaban J connectivity index is 1.35. The van der Waals surface area contributed by atoms with Crippen LogP contribution in [0.5, 0.6) is 0 Å². The summed E-state index contributed by atoms with van der Waals surface area (Å²) in [5.41, 5.74) is 2.90. The zero-order valence-electron chi connectivity index (χ0n) is 15.1. The highest BCUT2D eigenvalue weighted by molar-refractivity contribution is 5.87. The van der Waals surface area contributed by atoms with Gasteiger partial charge in [0.15, 0.2) is 5.65 Å². The maximum absolute atomic E-state index is 5.42. The summed E-state index contributed by atoms with van der Waals surface area (Å²) in [6, 6.07) is 8.86. The van der Waals surface area contributed by atoms with E-state index in [1.165, 1.54) is 24.9 Å². The number of aromatic amines is 1. The second kappa shape index (κ2) is 7.03. The maximum atomic E-state index is 5.42. The summed E-state index contributed by atoms with van der Waals surface area (Å²) in [4.78, 5) is 11.6. The van der Waals surface area contributed by atoms with Gasteiger partial charge in [0, 0.05) is 30.5 Å². The number of H-pyrrole nitrogens is 1. The molecule has 5 rings (SSSR count). The van der Waals surface area contributed by atoms with Gasteiger partial charge in [-0.05, 0) is 43.5 Å². The van der Waals surface area contributed by atoms with Crippen LogP contribution in [0.25, 0.3) is 11.0 Å². The van der Waals surface area contributed by atoms with Crippen LogP contribution in [0.15, 0.2) is 30.5 Å². The summed E-state index contributed by atoms with van der Waals surface area (Å²) in [7, 11) is 0. The first-order valence-electron chi connectivity index (χ1n) is 9.52. The van der Waals surface area contributed by atoms with Gasteiger partial charge in [0.2, 0.25) is 5.95 Å². The van der Waals surface area contributed by atoms with Crippen LogP contribution in [-0.4, -0.2) is 52.5 Å². The lowest BCUT2D eigenvalue weighted by Crippen LogP contribution is -2.36. The molecule has 3 aromatic rings. The predicted molar refractivity (Wildman–Crippen MR) is 106 cm³/mol. The fraction of sp³-hybridized carbons (Fsp3) is 0.421. The van der Waals surface area contributed by atoms with Crippen LogP contribution >= 0.6 is 0 Å². The van der Waals surface area contributed by atoms with E-state index in [1.807, 2.05) is 0 Å². The van der Waals surface area contributed by atoms with Crippen LogP contribution in [0.3, 0.4) is 0 Å². The van der Waals surface area contributed by atoms with Crippen LogP contribution in [0, 0.1) is 0 Å². The zero-order valence-corrected chi connectivity index (χ0v) is 15.1. The van der Waals surface area contributed by atoms with E-state index in [1.54, 1.807) is 6.20 Å². The normalized spacial score (nSPS) is 17.7. The lowest BCUT2D eigenvalue weighted by Gasteiger charge is -2.29. The highest BCUT2D eigenvalue weighted by Gasteiger charge is 2.20. The lowest BCUT2D eigenvalue weighted by atomic mass is 9.93. The Hall–Kier alpha value is -2.87. The molecule has 1 aliphatic carbocycles. The summed E-state index contributed by atoms with van der Waals surface area (Å²) in [5, 5.41) is 14.8. The number of morpholine rings is 1. The van der Waals surface area contributed by atoms with Crippen molar-refractivity contribution in [2.45, 2.75) is 25.3 Å². The molecule has 0 amide bonds. The topological polar surface area (TPSA) is 91.0 Å². The molecule has 1 aromatic carbocycles. The molecule has 1 saturated carbocycles. The Bertz CT molecular complexity index is 913. The highest BCUT2D eigenvalue weighted by atomic mass is 16.5. The van der Waals surface area contributed by atoms with Crippen molar-refractivity contribution in [3.63, 3.8) is 0 Å². The molecule has 3 heterocycles. The minimum atomic E-state index is 0.499. The molecule has 2 aromatic heterocycles. The van der Waals surface area contributed by atoms with E-state index >= 15 is 0 Å². The Labute approximate surface area is 157 Å². The van der Waals surface area contributed by atoms with Crippen LogP contribution < -0.4 is 15.5 Å². The molecule has 2 aliphatic rings. The molecule has 0 atom stereocenters. The fourth-order valence-corrected chi connectivity index (χ4v) is 3.45. The molecule has 8 nitrogen and oxygen atoms in total. The third-order valence-electron chi connectivity index (χ3n) is 5.26. The second-order valence-electron chi connectivity index (χ2n) is 7.07. The predicted octanol–water partition coefficient (Wildman–Crippen LogP) is 2.90. The average Bonchev–Trinajstić information content (AvgIpc) is 3.15. The van der Waals surface area contributed by atoms with E-state index in [0.717, 1.165) is 48.8 Å². The SMILES string of the molecule is c1cc(N2CCOCC2)ccc1Nc1nc(NC2CCC2)c2cn[nH]c2n1. The second-order valence-corrected chi connectivity index (χ2v) is 7.07. The minimum Gasteiger partial charge on any atom is -0.378 e. The first-order chi connectivity index (χ1) is 13.3. The first-order valence-corrected chi connectivity index (χ1v) is 9.52. The number of nitrogens with zero attached hydrogens (tertiary/aromatic N) is 4. The minimum absolute atomic E-state index is 0.499. The highest BCUT2D eigenvalue weighted by Crippen LogP contribution is 2.28. The number of benzene rings is 1. The zero-order chi connectivity index (χ0) is 18.1. The van der Waals surface area contributed by atoms with Crippen molar-refractivity contribution in [2.24, 2.45) is 0 Å². The monoisotopic (exact) mass is 365 g/mol. The van der Waals surface area contributed by atoms with E-state index in [2.05, 4.69) is 60.0 Å². The number of hydrogen-bond acceptors (Lipinski definition) is 7. The van der Waals surface area contributed by atoms with Crippen LogP contribution in [0.1, 0.15) is 19.3 Å². The number of ether oxygens (including phenoxy) is 1. The largest absolute Gasteiger partial charge is 0.378 e. The van der Waals surface area contributed by atoms with Gasteiger partial charge in [0.05, 0.1) is 24.8 Å². The smallest absolute Gasteiger partial charge is 0.231 e. The van der Waals surface area contributed by atoms with Crippen molar-refractivity contribution in [3.05, 3.63) is 30.5 Å². The van der Waals surface area contributed by atoms with Gasteiger partial charge in [0.25, 0.3) is 0 Å². The van der Waals surface area contributed by atoms with Crippen molar-refractivity contribution in [1.29, 1.82) is 0 Å². The van der Waals surface area contributed by atoms with Crippen molar-refractivity contribution in [1.82, 2.24) is 20.2 Å². The van der Waals surface area contributed by atoms with Crippen molar-refractivity contribution < 1.29 is 4.74 Å². The van der Waals surface area contributed by atoms with E-state index in [-0.39, 0.29) is 0 Å². The van der Waals surface area contributed by atoms with Gasteiger partial charge >= 0.3 is 0 Å². The van der Waals surface area contributed by atoms with Gasteiger partial charge < -0.3 is 20.3 Å². The number of hydrogen-bond donors (Lipinski definition) is 3. The molecule has 0 bridgehead atoms. The van der Waals surface area contributed by atoms with Gasteiger partial charge in [-0.25, -0.2) is 0 Å². The molecule has 1 saturated heterocycles. The summed E-state index contributed by atoms with van der Waals surface area (Å²) < 4.78 is 5.42. The summed E-state index contributed by atoms with van der Waals surface area (Å²) in [6.45, 7) is 3.44. The van der Waals surface area contributed by atoms with E-state index in [9.17, 15) is 0 Å². The van der Waals surface area contributed by atoms with E-state index in [0.29, 0.717) is 12.0 Å². The Kier molecular flexibility index (Phi) is 4.25. The molecule has 0 spiro atoms. The van der Waals surface area contributed by atoms with Gasteiger partial charge in [-0.3, -0.25) is 5.10 Å². The quantitative estimate of drug-likeness (QED) is 0.640. The van der Waals surface area contributed by atoms with Crippen LogP contribution in [0.4, 0.5) is 23.1 Å². The average molecular weight is 365 g/mol. The van der Waals surface area contributed by atoms with Crippen molar-refractivity contribution in [2.75, 3.05) is 41.8 Å². The van der Waals surface area contributed by atoms with Gasteiger partial charge in [-0.2, -0.15) is 15.1 Å². The number of nitrogens with one attached hydrogen (secondary N) is 3. The Morgan fingerprint density at radius 3 is 2.63 bits per heavy atom. The van der Waals surface area contributed by atoms with E-state index in [4.69, 9.17) is 4.74 Å². The van der Waals surface area contributed by atoms with Crippen LogP contribution in [-0.2, 0) is 4.74 Å². The molecule has 0 radical (unpaired) electrons. The summed E-state index contributed by atoms with van der Waals surface area (Å²) >= 11 is 0. The number of anilines is 4. The molecule has 3 N–H and O–H groups in total. The molecule has 8 heteroatoms. The molecule has 2 fully saturated rings. The summed E-state index contributed by atoms with van der Waals surface area (Å²) in [6.07, 6.45) is 5.43. The number of aromatic nitrogens is 4. The van der Waals surface area contributed by atoms with Crippen molar-refractivity contribution in [3.8, 4) is 0 Å².